The van der Waals surface area contributed by atoms with Crippen molar-refractivity contribution in [1.29, 1.82) is 0 Å². The first-order valence-electron chi connectivity index (χ1n) is 9.71. The largest absolute Gasteiger partial charge is 0.374 e. The molecule has 24 heavy (non-hydrogen) atoms. The Labute approximate surface area is 145 Å². The van der Waals surface area contributed by atoms with Crippen LogP contribution >= 0.6 is 0 Å². The van der Waals surface area contributed by atoms with E-state index in [1.54, 1.807) is 7.11 Å². The van der Waals surface area contributed by atoms with Crippen LogP contribution in [0.25, 0.3) is 0 Å². The number of hydrogen-bond acceptors (Lipinski definition) is 4. The van der Waals surface area contributed by atoms with Crippen molar-refractivity contribution in [2.24, 2.45) is 22.2 Å². The molecule has 3 saturated carbocycles. The number of ether oxygens (including phenoxy) is 3. The minimum absolute atomic E-state index is 0.0193. The summed E-state index contributed by atoms with van der Waals surface area (Å²) >= 11 is 0. The maximum Gasteiger partial charge on any atom is 0.167 e. The zero-order valence-electron chi connectivity index (χ0n) is 15.6. The van der Waals surface area contributed by atoms with Crippen LogP contribution in [0.1, 0.15) is 65.7 Å². The molecule has 7 unspecified atom stereocenters. The van der Waals surface area contributed by atoms with E-state index in [1.807, 2.05) is 0 Å². The molecule has 3 aliphatic carbocycles. The number of carbonyl (C=O) groups excluding carboxylic acids is 1. The van der Waals surface area contributed by atoms with E-state index in [4.69, 9.17) is 14.2 Å². The van der Waals surface area contributed by atoms with Crippen LogP contribution in [0.3, 0.4) is 0 Å². The highest BCUT2D eigenvalue weighted by molar-refractivity contribution is 5.89. The molecule has 0 spiro atoms. The zero-order chi connectivity index (χ0) is 17.2. The zero-order valence-corrected chi connectivity index (χ0v) is 15.6. The van der Waals surface area contributed by atoms with Gasteiger partial charge in [0.05, 0.1) is 12.0 Å². The number of hydrogen-bond donors (Lipinski definition) is 0. The lowest BCUT2D eigenvalue weighted by molar-refractivity contribution is -0.231. The Morgan fingerprint density at radius 2 is 1.88 bits per heavy atom. The normalized spacial score (nSPS) is 54.1. The fraction of sp³-hybridized carbons (Fsp3) is 0.950. The van der Waals surface area contributed by atoms with Gasteiger partial charge in [-0.1, -0.05) is 27.2 Å². The SMILES string of the molecule is COC1CC2(C)C(OC3CCCCO3)C(C1=O)C1(C)CCCC21C. The molecule has 0 aromatic heterocycles. The van der Waals surface area contributed by atoms with Gasteiger partial charge in [-0.05, 0) is 49.4 Å². The molecule has 0 N–H and O–H groups in total. The number of methoxy groups -OCH3 is 1. The van der Waals surface area contributed by atoms with Gasteiger partial charge in [0, 0.05) is 19.1 Å². The third-order valence-corrected chi connectivity index (χ3v) is 8.47. The van der Waals surface area contributed by atoms with Gasteiger partial charge in [0.15, 0.2) is 12.1 Å². The minimum Gasteiger partial charge on any atom is -0.374 e. The Morgan fingerprint density at radius 1 is 1.08 bits per heavy atom. The Kier molecular flexibility index (Phi) is 3.91. The van der Waals surface area contributed by atoms with Gasteiger partial charge in [0.1, 0.15) is 6.10 Å². The lowest BCUT2D eigenvalue weighted by Gasteiger charge is -2.48. The van der Waals surface area contributed by atoms with Crippen LogP contribution in [0.5, 0.6) is 0 Å². The molecule has 4 rings (SSSR count). The number of Topliss-reactive ketones (excluding diaryl/α,β-unsaturated/α-hetero) is 1. The predicted octanol–water partition coefficient (Wildman–Crippen LogP) is 3.72. The van der Waals surface area contributed by atoms with E-state index in [-0.39, 0.29) is 46.4 Å². The molecule has 1 saturated heterocycles. The van der Waals surface area contributed by atoms with Gasteiger partial charge < -0.3 is 14.2 Å². The van der Waals surface area contributed by atoms with Gasteiger partial charge in [0.25, 0.3) is 0 Å². The monoisotopic (exact) mass is 336 g/mol. The fourth-order valence-corrected chi connectivity index (χ4v) is 6.72. The molecule has 0 radical (unpaired) electrons. The van der Waals surface area contributed by atoms with Crippen LogP contribution in [0.4, 0.5) is 0 Å². The van der Waals surface area contributed by atoms with Crippen LogP contribution in [0, 0.1) is 22.2 Å². The third kappa shape index (κ3) is 1.94. The van der Waals surface area contributed by atoms with Crippen molar-refractivity contribution in [3.8, 4) is 0 Å². The average molecular weight is 336 g/mol. The van der Waals surface area contributed by atoms with Crippen LogP contribution in [-0.2, 0) is 19.0 Å². The van der Waals surface area contributed by atoms with E-state index in [1.165, 1.54) is 12.8 Å². The van der Waals surface area contributed by atoms with Crippen LogP contribution < -0.4 is 0 Å². The molecule has 0 aromatic rings. The van der Waals surface area contributed by atoms with Gasteiger partial charge in [0.2, 0.25) is 0 Å². The van der Waals surface area contributed by atoms with Crippen molar-refractivity contribution < 1.29 is 19.0 Å². The minimum atomic E-state index is -0.272. The van der Waals surface area contributed by atoms with Crippen molar-refractivity contribution >= 4 is 5.78 Å². The van der Waals surface area contributed by atoms with Crippen LogP contribution in [-0.4, -0.2) is 38.0 Å². The van der Waals surface area contributed by atoms with Crippen LogP contribution in [0.2, 0.25) is 0 Å². The Balaban J connectivity index is 1.73. The highest BCUT2D eigenvalue weighted by atomic mass is 16.7. The molecule has 7 atom stereocenters. The molecule has 2 bridgehead atoms. The second kappa shape index (κ2) is 5.52. The Bertz CT molecular complexity index is 528. The van der Waals surface area contributed by atoms with Gasteiger partial charge in [-0.2, -0.15) is 0 Å². The molecule has 4 aliphatic rings. The van der Waals surface area contributed by atoms with Crippen molar-refractivity contribution in [3.63, 3.8) is 0 Å². The maximum atomic E-state index is 13.3. The number of ketones is 1. The average Bonchev–Trinajstić information content (AvgIpc) is 2.92. The summed E-state index contributed by atoms with van der Waals surface area (Å²) in [6.45, 7) is 7.87. The quantitative estimate of drug-likeness (QED) is 0.788. The summed E-state index contributed by atoms with van der Waals surface area (Å²) in [4.78, 5) is 13.3. The topological polar surface area (TPSA) is 44.8 Å². The smallest absolute Gasteiger partial charge is 0.167 e. The van der Waals surface area contributed by atoms with Crippen molar-refractivity contribution in [2.75, 3.05) is 13.7 Å². The molecular formula is C20H32O4. The highest BCUT2D eigenvalue weighted by Gasteiger charge is 2.76. The van der Waals surface area contributed by atoms with E-state index in [2.05, 4.69) is 20.8 Å². The summed E-state index contributed by atoms with van der Waals surface area (Å²) in [5.41, 5.74) is 0.122. The summed E-state index contributed by atoms with van der Waals surface area (Å²) in [6, 6.07) is 0. The fourth-order valence-electron chi connectivity index (χ4n) is 6.72. The van der Waals surface area contributed by atoms with Gasteiger partial charge in [-0.3, -0.25) is 4.79 Å². The molecule has 0 amide bonds. The first-order chi connectivity index (χ1) is 11.4. The molecular weight excluding hydrogens is 304 g/mol. The van der Waals surface area contributed by atoms with E-state index in [0.29, 0.717) is 0 Å². The molecule has 1 heterocycles. The van der Waals surface area contributed by atoms with E-state index >= 15 is 0 Å². The second-order valence-corrected chi connectivity index (χ2v) is 9.18. The van der Waals surface area contributed by atoms with E-state index in [9.17, 15) is 4.79 Å². The van der Waals surface area contributed by atoms with Gasteiger partial charge in [-0.25, -0.2) is 0 Å². The molecule has 4 nitrogen and oxygen atoms in total. The lowest BCUT2D eigenvalue weighted by atomic mass is 9.58. The standard InChI is InChI=1S/C20H32O4/c1-18-9-7-10-20(18,3)19(2)12-13(22-4)16(21)15(18)17(19)24-14-8-5-6-11-23-14/h13-15,17H,5-12H2,1-4H3. The van der Waals surface area contributed by atoms with Crippen molar-refractivity contribution in [3.05, 3.63) is 0 Å². The van der Waals surface area contributed by atoms with Gasteiger partial charge in [-0.15, -0.1) is 0 Å². The summed E-state index contributed by atoms with van der Waals surface area (Å²) in [5.74, 6) is 0.211. The summed E-state index contributed by atoms with van der Waals surface area (Å²) in [6.07, 6.45) is 7.09. The lowest BCUT2D eigenvalue weighted by Crippen LogP contribution is -2.53. The first kappa shape index (κ1) is 17.0. The van der Waals surface area contributed by atoms with Crippen molar-refractivity contribution in [2.45, 2.75) is 84.2 Å². The Morgan fingerprint density at radius 3 is 2.54 bits per heavy atom. The number of fused-ring (bicyclic) bond motifs is 5. The van der Waals surface area contributed by atoms with Crippen LogP contribution in [0.15, 0.2) is 0 Å². The Hall–Kier alpha value is -0.450. The molecule has 136 valence electrons. The first-order valence-corrected chi connectivity index (χ1v) is 9.71. The molecule has 0 aromatic carbocycles. The maximum absolute atomic E-state index is 13.3. The molecule has 1 aliphatic heterocycles. The van der Waals surface area contributed by atoms with Crippen molar-refractivity contribution in [1.82, 2.24) is 0 Å². The highest BCUT2D eigenvalue weighted by Crippen LogP contribution is 2.76. The summed E-state index contributed by atoms with van der Waals surface area (Å²) < 4.78 is 18.0. The molecule has 4 fully saturated rings. The molecule has 4 heteroatoms. The van der Waals surface area contributed by atoms with E-state index in [0.717, 1.165) is 38.7 Å². The van der Waals surface area contributed by atoms with E-state index < -0.39 is 0 Å². The summed E-state index contributed by atoms with van der Waals surface area (Å²) in [7, 11) is 1.68. The number of rotatable bonds is 3. The third-order valence-electron chi connectivity index (χ3n) is 8.47. The van der Waals surface area contributed by atoms with Gasteiger partial charge >= 0.3 is 0 Å². The predicted molar refractivity (Wildman–Crippen MR) is 90.5 cm³/mol. The number of carbonyl (C=O) groups is 1. The second-order valence-electron chi connectivity index (χ2n) is 9.18. The summed E-state index contributed by atoms with van der Waals surface area (Å²) in [5, 5.41) is 0.